The van der Waals surface area contributed by atoms with Gasteiger partial charge in [-0.05, 0) is 50.2 Å². The Morgan fingerprint density at radius 1 is 0.917 bits per heavy atom. The van der Waals surface area contributed by atoms with Crippen molar-refractivity contribution in [2.45, 2.75) is 13.8 Å². The first-order chi connectivity index (χ1) is 11.7. The Kier molecular flexibility index (Phi) is 7.11. The first-order valence-corrected chi connectivity index (χ1v) is 7.97. The Morgan fingerprint density at radius 2 is 1.54 bits per heavy atom. The summed E-state index contributed by atoms with van der Waals surface area (Å²) in [5, 5.41) is 2.79. The van der Waals surface area contributed by atoms with Gasteiger partial charge in [0.05, 0.1) is 6.61 Å². The van der Waals surface area contributed by atoms with Gasteiger partial charge in [0.15, 0.2) is 6.61 Å². The van der Waals surface area contributed by atoms with Crippen LogP contribution < -0.4 is 14.8 Å². The minimum atomic E-state index is -0.198. The van der Waals surface area contributed by atoms with E-state index < -0.39 is 0 Å². The maximum atomic E-state index is 11.9. The highest BCUT2D eigenvalue weighted by Crippen LogP contribution is 2.17. The zero-order valence-electron chi connectivity index (χ0n) is 14.1. The van der Waals surface area contributed by atoms with Gasteiger partial charge in [-0.1, -0.05) is 17.7 Å². The zero-order chi connectivity index (χ0) is 17.2. The molecule has 0 spiro atoms. The van der Waals surface area contributed by atoms with E-state index in [2.05, 4.69) is 5.32 Å². The molecule has 5 nitrogen and oxygen atoms in total. The third-order valence-electron chi connectivity index (χ3n) is 3.23. The number of rotatable bonds is 9. The average molecular weight is 329 g/mol. The number of ether oxygens (including phenoxy) is 3. The molecule has 1 amide bonds. The molecule has 0 aromatic heterocycles. The summed E-state index contributed by atoms with van der Waals surface area (Å²) < 4.78 is 16.2. The van der Waals surface area contributed by atoms with Crippen LogP contribution in [0.3, 0.4) is 0 Å². The van der Waals surface area contributed by atoms with Crippen molar-refractivity contribution < 1.29 is 19.0 Å². The molecule has 0 fully saturated rings. The molecular formula is C19H23NO4. The molecule has 0 aliphatic carbocycles. The van der Waals surface area contributed by atoms with Crippen LogP contribution in [0.4, 0.5) is 5.69 Å². The highest BCUT2D eigenvalue weighted by atomic mass is 16.5. The van der Waals surface area contributed by atoms with Gasteiger partial charge in [-0.15, -0.1) is 0 Å². The zero-order valence-corrected chi connectivity index (χ0v) is 14.1. The predicted molar refractivity (Wildman–Crippen MR) is 93.7 cm³/mol. The lowest BCUT2D eigenvalue weighted by Gasteiger charge is -2.09. The van der Waals surface area contributed by atoms with Crippen LogP contribution in [0.2, 0.25) is 0 Å². The van der Waals surface area contributed by atoms with E-state index in [1.807, 2.05) is 38.1 Å². The van der Waals surface area contributed by atoms with E-state index in [4.69, 9.17) is 14.2 Å². The molecule has 2 aromatic rings. The van der Waals surface area contributed by atoms with E-state index in [0.29, 0.717) is 25.6 Å². The number of amides is 1. The van der Waals surface area contributed by atoms with Crippen molar-refractivity contribution in [2.24, 2.45) is 0 Å². The van der Waals surface area contributed by atoms with E-state index in [-0.39, 0.29) is 12.5 Å². The number of benzene rings is 2. The normalized spacial score (nSPS) is 10.2. The Labute approximate surface area is 142 Å². The molecule has 24 heavy (non-hydrogen) atoms. The number of hydrogen-bond acceptors (Lipinski definition) is 4. The van der Waals surface area contributed by atoms with Crippen molar-refractivity contribution in [3.63, 3.8) is 0 Å². The summed E-state index contributed by atoms with van der Waals surface area (Å²) in [5.41, 5.74) is 1.90. The molecule has 0 unspecified atom stereocenters. The maximum absolute atomic E-state index is 11.9. The molecule has 0 radical (unpaired) electrons. The van der Waals surface area contributed by atoms with Gasteiger partial charge in [-0.2, -0.15) is 0 Å². The van der Waals surface area contributed by atoms with Gasteiger partial charge in [0.25, 0.3) is 5.91 Å². The average Bonchev–Trinajstić information content (AvgIpc) is 2.60. The van der Waals surface area contributed by atoms with E-state index in [1.165, 1.54) is 0 Å². The van der Waals surface area contributed by atoms with E-state index in [1.54, 1.807) is 24.3 Å². The molecule has 0 bridgehead atoms. The minimum Gasteiger partial charge on any atom is -0.491 e. The molecule has 0 heterocycles. The molecule has 0 saturated carbocycles. The SMILES string of the molecule is CCOCCOc1ccc(OCC(=O)Nc2ccc(C)cc2)cc1. The van der Waals surface area contributed by atoms with Crippen LogP contribution in [-0.4, -0.2) is 32.3 Å². The Hall–Kier alpha value is -2.53. The van der Waals surface area contributed by atoms with Crippen LogP contribution in [0.1, 0.15) is 12.5 Å². The fraction of sp³-hybridized carbons (Fsp3) is 0.316. The summed E-state index contributed by atoms with van der Waals surface area (Å²) in [7, 11) is 0. The van der Waals surface area contributed by atoms with Gasteiger partial charge in [0.1, 0.15) is 18.1 Å². The van der Waals surface area contributed by atoms with Crippen molar-refractivity contribution in [3.8, 4) is 11.5 Å². The summed E-state index contributed by atoms with van der Waals surface area (Å²) >= 11 is 0. The third-order valence-corrected chi connectivity index (χ3v) is 3.23. The first kappa shape index (κ1) is 17.8. The quantitative estimate of drug-likeness (QED) is 0.716. The van der Waals surface area contributed by atoms with Gasteiger partial charge in [0.2, 0.25) is 0 Å². The van der Waals surface area contributed by atoms with Crippen molar-refractivity contribution in [2.75, 3.05) is 31.7 Å². The van der Waals surface area contributed by atoms with Crippen LogP contribution in [-0.2, 0) is 9.53 Å². The molecule has 0 saturated heterocycles. The van der Waals surface area contributed by atoms with Crippen LogP contribution in [0, 0.1) is 6.92 Å². The number of aryl methyl sites for hydroxylation is 1. The Morgan fingerprint density at radius 3 is 2.17 bits per heavy atom. The second-order valence-corrected chi connectivity index (χ2v) is 5.22. The Balaban J connectivity index is 1.73. The molecule has 2 rings (SSSR count). The van der Waals surface area contributed by atoms with Gasteiger partial charge < -0.3 is 19.5 Å². The minimum absolute atomic E-state index is 0.0432. The van der Waals surface area contributed by atoms with Gasteiger partial charge in [-0.3, -0.25) is 4.79 Å². The molecule has 5 heteroatoms. The number of hydrogen-bond donors (Lipinski definition) is 1. The second-order valence-electron chi connectivity index (χ2n) is 5.22. The highest BCUT2D eigenvalue weighted by molar-refractivity contribution is 5.91. The van der Waals surface area contributed by atoms with Gasteiger partial charge >= 0.3 is 0 Å². The molecular weight excluding hydrogens is 306 g/mol. The lowest BCUT2D eigenvalue weighted by Crippen LogP contribution is -2.20. The second kappa shape index (κ2) is 9.57. The molecule has 2 aromatic carbocycles. The van der Waals surface area contributed by atoms with Gasteiger partial charge in [-0.25, -0.2) is 0 Å². The molecule has 0 aliphatic rings. The topological polar surface area (TPSA) is 56.8 Å². The maximum Gasteiger partial charge on any atom is 0.262 e. The smallest absolute Gasteiger partial charge is 0.262 e. The molecule has 128 valence electrons. The van der Waals surface area contributed by atoms with E-state index in [0.717, 1.165) is 17.0 Å². The fourth-order valence-corrected chi connectivity index (χ4v) is 1.98. The number of carbonyl (C=O) groups is 1. The van der Waals surface area contributed by atoms with Crippen LogP contribution in [0.5, 0.6) is 11.5 Å². The van der Waals surface area contributed by atoms with Crippen molar-refractivity contribution in [1.82, 2.24) is 0 Å². The summed E-state index contributed by atoms with van der Waals surface area (Å²) in [6.45, 7) is 5.65. The van der Waals surface area contributed by atoms with Crippen molar-refractivity contribution in [1.29, 1.82) is 0 Å². The van der Waals surface area contributed by atoms with E-state index in [9.17, 15) is 4.79 Å². The predicted octanol–water partition coefficient (Wildman–Crippen LogP) is 3.43. The summed E-state index contributed by atoms with van der Waals surface area (Å²) in [5.74, 6) is 1.16. The van der Waals surface area contributed by atoms with Crippen molar-refractivity contribution >= 4 is 11.6 Å². The molecule has 1 N–H and O–H groups in total. The largest absolute Gasteiger partial charge is 0.491 e. The standard InChI is InChI=1S/C19H23NO4/c1-3-22-12-13-23-17-8-10-18(11-9-17)24-14-19(21)20-16-6-4-15(2)5-7-16/h4-11H,3,12-14H2,1-2H3,(H,20,21). The highest BCUT2D eigenvalue weighted by Gasteiger charge is 2.04. The number of carbonyl (C=O) groups excluding carboxylic acids is 1. The Bertz CT molecular complexity index is 623. The molecule has 0 aliphatic heterocycles. The van der Waals surface area contributed by atoms with E-state index >= 15 is 0 Å². The summed E-state index contributed by atoms with van der Waals surface area (Å²) in [6, 6.07) is 14.8. The lowest BCUT2D eigenvalue weighted by molar-refractivity contribution is -0.118. The fourth-order valence-electron chi connectivity index (χ4n) is 1.98. The van der Waals surface area contributed by atoms with Crippen LogP contribution in [0.25, 0.3) is 0 Å². The number of anilines is 1. The van der Waals surface area contributed by atoms with Crippen LogP contribution in [0.15, 0.2) is 48.5 Å². The van der Waals surface area contributed by atoms with Gasteiger partial charge in [0, 0.05) is 12.3 Å². The molecule has 0 atom stereocenters. The first-order valence-electron chi connectivity index (χ1n) is 7.97. The monoisotopic (exact) mass is 329 g/mol. The van der Waals surface area contributed by atoms with Crippen LogP contribution >= 0.6 is 0 Å². The summed E-state index contributed by atoms with van der Waals surface area (Å²) in [4.78, 5) is 11.9. The lowest BCUT2D eigenvalue weighted by atomic mass is 10.2. The van der Waals surface area contributed by atoms with Crippen molar-refractivity contribution in [3.05, 3.63) is 54.1 Å². The third kappa shape index (κ3) is 6.30. The summed E-state index contributed by atoms with van der Waals surface area (Å²) in [6.07, 6.45) is 0. The number of nitrogens with one attached hydrogen (secondary N) is 1.